The Bertz CT molecular complexity index is 1030. The molecule has 0 aliphatic rings. The summed E-state index contributed by atoms with van der Waals surface area (Å²) in [5, 5.41) is 5.31. The quantitative estimate of drug-likeness (QED) is 0.550. The molecule has 1 amide bonds. The van der Waals surface area contributed by atoms with Gasteiger partial charge in [-0.1, -0.05) is 30.3 Å². The first kappa shape index (κ1) is 16.5. The molecule has 0 atom stereocenters. The summed E-state index contributed by atoms with van der Waals surface area (Å²) in [6.45, 7) is 2.40. The van der Waals surface area contributed by atoms with Crippen molar-refractivity contribution in [1.82, 2.24) is 19.7 Å². The van der Waals surface area contributed by atoms with Crippen LogP contribution < -0.4 is 0 Å². The monoisotopic (exact) mass is 362 g/mol. The third kappa shape index (κ3) is 2.99. The Balaban J connectivity index is 1.56. The number of benzene rings is 2. The van der Waals surface area contributed by atoms with Crippen molar-refractivity contribution < 1.29 is 4.79 Å². The van der Waals surface area contributed by atoms with E-state index in [1.54, 1.807) is 34.2 Å². The minimum atomic E-state index is -0.0519. The normalized spacial score (nSPS) is 11.0. The number of hydrogen-bond donors (Lipinski definition) is 0. The van der Waals surface area contributed by atoms with E-state index in [1.165, 1.54) is 0 Å². The fourth-order valence-corrected chi connectivity index (χ4v) is 3.94. The first-order valence-corrected chi connectivity index (χ1v) is 9.15. The maximum Gasteiger partial charge on any atom is 0.257 e. The van der Waals surface area contributed by atoms with Crippen molar-refractivity contribution in [3.8, 4) is 5.69 Å². The Labute approximate surface area is 155 Å². The zero-order valence-corrected chi connectivity index (χ0v) is 15.4. The second-order valence-corrected chi connectivity index (χ2v) is 7.24. The standard InChI is InChI=1S/C20H18N4OS/c1-14-16(12-21-24(14)15-8-4-3-5-9-15)20(25)23(2)13-19-22-17-10-6-7-11-18(17)26-19/h3-12H,13H2,1-2H3. The maximum absolute atomic E-state index is 12.9. The average Bonchev–Trinajstić information content (AvgIpc) is 3.24. The number of aromatic nitrogens is 3. The van der Waals surface area contributed by atoms with Crippen LogP contribution in [-0.2, 0) is 6.54 Å². The third-order valence-electron chi connectivity index (χ3n) is 4.30. The van der Waals surface area contributed by atoms with Gasteiger partial charge in [-0.3, -0.25) is 4.79 Å². The molecule has 0 radical (unpaired) electrons. The van der Waals surface area contributed by atoms with Gasteiger partial charge in [0.1, 0.15) is 5.01 Å². The van der Waals surface area contributed by atoms with E-state index in [0.29, 0.717) is 12.1 Å². The number of carbonyl (C=O) groups is 1. The van der Waals surface area contributed by atoms with Crippen molar-refractivity contribution in [3.63, 3.8) is 0 Å². The first-order chi connectivity index (χ1) is 12.6. The summed E-state index contributed by atoms with van der Waals surface area (Å²) in [4.78, 5) is 19.2. The summed E-state index contributed by atoms with van der Waals surface area (Å²) < 4.78 is 2.93. The van der Waals surface area contributed by atoms with Gasteiger partial charge in [-0.25, -0.2) is 9.67 Å². The Kier molecular flexibility index (Phi) is 4.26. The van der Waals surface area contributed by atoms with E-state index in [1.807, 2.05) is 61.5 Å². The summed E-state index contributed by atoms with van der Waals surface area (Å²) in [6.07, 6.45) is 1.64. The Morgan fingerprint density at radius 1 is 1.12 bits per heavy atom. The van der Waals surface area contributed by atoms with Gasteiger partial charge in [-0.15, -0.1) is 11.3 Å². The summed E-state index contributed by atoms with van der Waals surface area (Å²) in [6, 6.07) is 17.8. The first-order valence-electron chi connectivity index (χ1n) is 8.33. The number of hydrogen-bond acceptors (Lipinski definition) is 4. The van der Waals surface area contributed by atoms with Gasteiger partial charge in [0.15, 0.2) is 0 Å². The van der Waals surface area contributed by atoms with E-state index in [4.69, 9.17) is 0 Å². The largest absolute Gasteiger partial charge is 0.335 e. The van der Waals surface area contributed by atoms with Crippen LogP contribution in [0.25, 0.3) is 15.9 Å². The molecule has 26 heavy (non-hydrogen) atoms. The van der Waals surface area contributed by atoms with E-state index in [2.05, 4.69) is 10.1 Å². The van der Waals surface area contributed by atoms with E-state index in [-0.39, 0.29) is 5.91 Å². The zero-order chi connectivity index (χ0) is 18.1. The predicted molar refractivity (Wildman–Crippen MR) is 104 cm³/mol. The molecular weight excluding hydrogens is 344 g/mol. The lowest BCUT2D eigenvalue weighted by molar-refractivity contribution is 0.0784. The molecule has 2 heterocycles. The fraction of sp³-hybridized carbons (Fsp3) is 0.150. The molecule has 2 aromatic carbocycles. The lowest BCUT2D eigenvalue weighted by atomic mass is 10.2. The molecule has 0 fully saturated rings. The molecule has 0 N–H and O–H groups in total. The molecule has 0 aliphatic heterocycles. The summed E-state index contributed by atoms with van der Waals surface area (Å²) in [5.74, 6) is -0.0519. The van der Waals surface area contributed by atoms with E-state index in [9.17, 15) is 4.79 Å². The molecule has 2 aromatic heterocycles. The van der Waals surface area contributed by atoms with Gasteiger partial charge in [0.05, 0.1) is 39.9 Å². The van der Waals surface area contributed by atoms with Crippen LogP contribution in [0, 0.1) is 6.92 Å². The number of para-hydroxylation sites is 2. The smallest absolute Gasteiger partial charge is 0.257 e. The van der Waals surface area contributed by atoms with Gasteiger partial charge >= 0.3 is 0 Å². The minimum absolute atomic E-state index is 0.0519. The highest BCUT2D eigenvalue weighted by molar-refractivity contribution is 7.18. The Morgan fingerprint density at radius 3 is 2.62 bits per heavy atom. The van der Waals surface area contributed by atoms with Crippen LogP contribution in [0.5, 0.6) is 0 Å². The van der Waals surface area contributed by atoms with Crippen LogP contribution in [0.4, 0.5) is 0 Å². The maximum atomic E-state index is 12.9. The lowest BCUT2D eigenvalue weighted by Gasteiger charge is -2.15. The van der Waals surface area contributed by atoms with Crippen molar-refractivity contribution in [3.05, 3.63) is 77.1 Å². The number of amides is 1. The number of rotatable bonds is 4. The van der Waals surface area contributed by atoms with Crippen molar-refractivity contribution in [1.29, 1.82) is 0 Å². The molecule has 4 aromatic rings. The van der Waals surface area contributed by atoms with Gasteiger partial charge in [-0.2, -0.15) is 5.10 Å². The van der Waals surface area contributed by atoms with Crippen molar-refractivity contribution >= 4 is 27.5 Å². The van der Waals surface area contributed by atoms with Crippen molar-refractivity contribution in [2.24, 2.45) is 0 Å². The van der Waals surface area contributed by atoms with Gasteiger partial charge < -0.3 is 4.90 Å². The summed E-state index contributed by atoms with van der Waals surface area (Å²) in [7, 11) is 1.80. The predicted octanol–water partition coefficient (Wildman–Crippen LogP) is 4.06. The molecule has 0 saturated carbocycles. The van der Waals surface area contributed by atoms with Crippen LogP contribution in [0.1, 0.15) is 21.1 Å². The number of nitrogens with zero attached hydrogens (tertiary/aromatic N) is 4. The van der Waals surface area contributed by atoms with Crippen LogP contribution in [-0.4, -0.2) is 32.6 Å². The SMILES string of the molecule is Cc1c(C(=O)N(C)Cc2nc3ccccc3s2)cnn1-c1ccccc1. The second kappa shape index (κ2) is 6.72. The minimum Gasteiger partial charge on any atom is -0.335 e. The number of thiazole rings is 1. The second-order valence-electron chi connectivity index (χ2n) is 6.13. The van der Waals surface area contributed by atoms with E-state index in [0.717, 1.165) is 26.6 Å². The van der Waals surface area contributed by atoms with E-state index >= 15 is 0 Å². The highest BCUT2D eigenvalue weighted by Gasteiger charge is 2.19. The van der Waals surface area contributed by atoms with Gasteiger partial charge in [0.2, 0.25) is 0 Å². The van der Waals surface area contributed by atoms with Gasteiger partial charge in [0.25, 0.3) is 5.91 Å². The van der Waals surface area contributed by atoms with Crippen LogP contribution >= 0.6 is 11.3 Å². The third-order valence-corrected chi connectivity index (χ3v) is 5.32. The number of carbonyl (C=O) groups excluding carboxylic acids is 1. The molecule has 4 rings (SSSR count). The summed E-state index contributed by atoms with van der Waals surface area (Å²) >= 11 is 1.62. The van der Waals surface area contributed by atoms with Crippen LogP contribution in [0.3, 0.4) is 0 Å². The molecular formula is C20H18N4OS. The molecule has 0 bridgehead atoms. The molecule has 0 saturated heterocycles. The molecule has 0 unspecified atom stereocenters. The van der Waals surface area contributed by atoms with Crippen LogP contribution in [0.2, 0.25) is 0 Å². The van der Waals surface area contributed by atoms with Crippen molar-refractivity contribution in [2.45, 2.75) is 13.5 Å². The van der Waals surface area contributed by atoms with Crippen LogP contribution in [0.15, 0.2) is 60.8 Å². The lowest BCUT2D eigenvalue weighted by Crippen LogP contribution is -2.26. The zero-order valence-electron chi connectivity index (χ0n) is 14.6. The molecule has 0 spiro atoms. The van der Waals surface area contributed by atoms with Gasteiger partial charge in [0, 0.05) is 7.05 Å². The Hall–Kier alpha value is -2.99. The summed E-state index contributed by atoms with van der Waals surface area (Å²) in [5.41, 5.74) is 3.36. The van der Waals surface area contributed by atoms with Gasteiger partial charge in [-0.05, 0) is 31.2 Å². The molecule has 130 valence electrons. The topological polar surface area (TPSA) is 51.0 Å². The molecule has 5 nitrogen and oxygen atoms in total. The average molecular weight is 362 g/mol. The molecule has 0 aliphatic carbocycles. The fourth-order valence-electron chi connectivity index (χ4n) is 2.92. The highest BCUT2D eigenvalue weighted by atomic mass is 32.1. The highest BCUT2D eigenvalue weighted by Crippen LogP contribution is 2.23. The van der Waals surface area contributed by atoms with Crippen molar-refractivity contribution in [2.75, 3.05) is 7.05 Å². The Morgan fingerprint density at radius 2 is 1.85 bits per heavy atom. The molecule has 6 heteroatoms. The number of fused-ring (bicyclic) bond motifs is 1. The van der Waals surface area contributed by atoms with E-state index < -0.39 is 0 Å².